The van der Waals surface area contributed by atoms with Crippen LogP contribution in [0.15, 0.2) is 54.6 Å². The zero-order valence-corrected chi connectivity index (χ0v) is 17.4. The van der Waals surface area contributed by atoms with Gasteiger partial charge in [-0.05, 0) is 56.5 Å². The minimum Gasteiger partial charge on any atom is -0.484 e. The van der Waals surface area contributed by atoms with Crippen LogP contribution in [0.25, 0.3) is 0 Å². The highest BCUT2D eigenvalue weighted by Crippen LogP contribution is 2.21. The summed E-state index contributed by atoms with van der Waals surface area (Å²) in [5.74, 6) is 0.330. The van der Waals surface area contributed by atoms with Gasteiger partial charge in [0.25, 0.3) is 5.91 Å². The lowest BCUT2D eigenvalue weighted by molar-refractivity contribution is -0.123. The van der Waals surface area contributed by atoms with E-state index in [0.29, 0.717) is 18.0 Å². The summed E-state index contributed by atoms with van der Waals surface area (Å²) in [5.41, 5.74) is 1.81. The minimum atomic E-state index is -3.32. The van der Waals surface area contributed by atoms with Crippen LogP contribution in [-0.4, -0.2) is 39.8 Å². The van der Waals surface area contributed by atoms with E-state index < -0.39 is 10.0 Å². The number of ether oxygens (including phenoxy) is 1. The third-order valence-electron chi connectivity index (χ3n) is 4.30. The highest BCUT2D eigenvalue weighted by atomic mass is 32.2. The van der Waals surface area contributed by atoms with Crippen molar-refractivity contribution in [1.29, 1.82) is 0 Å². The van der Waals surface area contributed by atoms with Crippen LogP contribution in [0.1, 0.15) is 25.8 Å². The van der Waals surface area contributed by atoms with Crippen molar-refractivity contribution in [1.82, 2.24) is 5.32 Å². The molecule has 6 nitrogen and oxygen atoms in total. The van der Waals surface area contributed by atoms with Gasteiger partial charge in [-0.2, -0.15) is 0 Å². The van der Waals surface area contributed by atoms with Gasteiger partial charge in [0.1, 0.15) is 5.75 Å². The molecule has 1 amide bonds. The van der Waals surface area contributed by atoms with Crippen LogP contribution in [0.5, 0.6) is 5.75 Å². The molecule has 7 heteroatoms. The topological polar surface area (TPSA) is 75.7 Å². The molecule has 1 atom stereocenters. The van der Waals surface area contributed by atoms with E-state index in [1.54, 1.807) is 31.2 Å². The highest BCUT2D eigenvalue weighted by Gasteiger charge is 2.15. The molecule has 0 saturated carbocycles. The SMILES string of the molecule is CCN(c1ccc(OCC(=O)N[C@@H](C)CCc2ccccc2)cc1)S(C)(=O)=O. The zero-order chi connectivity index (χ0) is 20.6. The molecule has 0 spiro atoms. The number of nitrogens with zero attached hydrogens (tertiary/aromatic N) is 1. The second kappa shape index (κ2) is 10.1. The van der Waals surface area contributed by atoms with E-state index in [2.05, 4.69) is 17.4 Å². The van der Waals surface area contributed by atoms with E-state index in [-0.39, 0.29) is 18.6 Å². The summed E-state index contributed by atoms with van der Waals surface area (Å²) in [4.78, 5) is 12.1. The average molecular weight is 405 g/mol. The first kappa shape index (κ1) is 21.8. The van der Waals surface area contributed by atoms with Crippen molar-refractivity contribution in [3.63, 3.8) is 0 Å². The Labute approximate surface area is 167 Å². The number of amides is 1. The molecule has 28 heavy (non-hydrogen) atoms. The van der Waals surface area contributed by atoms with Gasteiger partial charge < -0.3 is 10.1 Å². The summed E-state index contributed by atoms with van der Waals surface area (Å²) in [7, 11) is -3.32. The van der Waals surface area contributed by atoms with Crippen molar-refractivity contribution >= 4 is 21.6 Å². The largest absolute Gasteiger partial charge is 0.484 e. The zero-order valence-electron chi connectivity index (χ0n) is 16.6. The Morgan fingerprint density at radius 1 is 1.11 bits per heavy atom. The molecule has 0 bridgehead atoms. The second-order valence-electron chi connectivity index (χ2n) is 6.70. The summed E-state index contributed by atoms with van der Waals surface area (Å²) in [6, 6.07) is 16.9. The van der Waals surface area contributed by atoms with Crippen LogP contribution >= 0.6 is 0 Å². The summed E-state index contributed by atoms with van der Waals surface area (Å²) >= 11 is 0. The van der Waals surface area contributed by atoms with Gasteiger partial charge in [-0.1, -0.05) is 30.3 Å². The Balaban J connectivity index is 1.79. The molecule has 0 radical (unpaired) electrons. The molecule has 1 N–H and O–H groups in total. The van der Waals surface area contributed by atoms with Gasteiger partial charge >= 0.3 is 0 Å². The second-order valence-corrected chi connectivity index (χ2v) is 8.61. The number of carbonyl (C=O) groups is 1. The first-order chi connectivity index (χ1) is 13.3. The number of benzene rings is 2. The fourth-order valence-electron chi connectivity index (χ4n) is 2.88. The smallest absolute Gasteiger partial charge is 0.258 e. The third-order valence-corrected chi connectivity index (χ3v) is 5.57. The maximum atomic E-state index is 12.1. The average Bonchev–Trinajstić information content (AvgIpc) is 2.66. The van der Waals surface area contributed by atoms with E-state index in [1.807, 2.05) is 25.1 Å². The summed E-state index contributed by atoms with van der Waals surface area (Å²) in [6.07, 6.45) is 2.92. The van der Waals surface area contributed by atoms with Crippen LogP contribution < -0.4 is 14.4 Å². The summed E-state index contributed by atoms with van der Waals surface area (Å²) < 4.78 is 30.3. The van der Waals surface area contributed by atoms with E-state index in [9.17, 15) is 13.2 Å². The Kier molecular flexibility index (Phi) is 7.87. The number of carbonyl (C=O) groups excluding carboxylic acids is 1. The maximum absolute atomic E-state index is 12.1. The van der Waals surface area contributed by atoms with Gasteiger partial charge in [0.15, 0.2) is 6.61 Å². The van der Waals surface area contributed by atoms with E-state index >= 15 is 0 Å². The van der Waals surface area contributed by atoms with Gasteiger partial charge in [0.05, 0.1) is 11.9 Å². The molecule has 0 aliphatic rings. The fourth-order valence-corrected chi connectivity index (χ4v) is 3.86. The molecule has 2 aromatic carbocycles. The van der Waals surface area contributed by atoms with Crippen LogP contribution in [0.2, 0.25) is 0 Å². The molecular formula is C21H28N2O4S. The molecule has 0 aliphatic carbocycles. The normalized spacial score (nSPS) is 12.2. The molecule has 2 rings (SSSR count). The van der Waals surface area contributed by atoms with Crippen LogP contribution in [0.3, 0.4) is 0 Å². The van der Waals surface area contributed by atoms with Gasteiger partial charge in [-0.15, -0.1) is 0 Å². The molecule has 0 unspecified atom stereocenters. The quantitative estimate of drug-likeness (QED) is 0.661. The number of hydrogen-bond donors (Lipinski definition) is 1. The third kappa shape index (κ3) is 6.88. The number of nitrogens with one attached hydrogen (secondary N) is 1. The van der Waals surface area contributed by atoms with E-state index in [4.69, 9.17) is 4.74 Å². The van der Waals surface area contributed by atoms with Crippen molar-refractivity contribution in [2.45, 2.75) is 32.7 Å². The standard InChI is InChI=1S/C21H28N2O4S/c1-4-23(28(3,25)26)19-12-14-20(15-13-19)27-16-21(24)22-17(2)10-11-18-8-6-5-7-9-18/h5-9,12-15,17H,4,10-11,16H2,1-3H3,(H,22,24)/t17-/m0/s1. The number of sulfonamides is 1. The molecule has 152 valence electrons. The van der Waals surface area contributed by atoms with Gasteiger partial charge in [0.2, 0.25) is 10.0 Å². The minimum absolute atomic E-state index is 0.0477. The molecule has 0 aromatic heterocycles. The molecule has 0 saturated heterocycles. The Bertz CT molecular complexity index is 852. The monoisotopic (exact) mass is 404 g/mol. The van der Waals surface area contributed by atoms with Crippen LogP contribution in [-0.2, 0) is 21.2 Å². The Morgan fingerprint density at radius 3 is 2.32 bits per heavy atom. The van der Waals surface area contributed by atoms with Crippen LogP contribution in [0, 0.1) is 0 Å². The predicted molar refractivity (Wildman–Crippen MR) is 112 cm³/mol. The number of rotatable bonds is 10. The molecule has 0 aliphatic heterocycles. The summed E-state index contributed by atoms with van der Waals surface area (Å²) in [5, 5.41) is 2.93. The maximum Gasteiger partial charge on any atom is 0.258 e. The van der Waals surface area contributed by atoms with E-state index in [0.717, 1.165) is 12.8 Å². The van der Waals surface area contributed by atoms with Gasteiger partial charge in [0, 0.05) is 12.6 Å². The van der Waals surface area contributed by atoms with Gasteiger partial charge in [-0.3, -0.25) is 9.10 Å². The summed E-state index contributed by atoms with van der Waals surface area (Å²) in [6.45, 7) is 4.01. The molecule has 0 heterocycles. The first-order valence-corrected chi connectivity index (χ1v) is 11.2. The van der Waals surface area contributed by atoms with Crippen molar-refractivity contribution in [2.24, 2.45) is 0 Å². The van der Waals surface area contributed by atoms with Crippen molar-refractivity contribution in [3.05, 3.63) is 60.2 Å². The fraction of sp³-hybridized carbons (Fsp3) is 0.381. The van der Waals surface area contributed by atoms with E-state index in [1.165, 1.54) is 16.1 Å². The molecule has 0 fully saturated rings. The lowest BCUT2D eigenvalue weighted by atomic mass is 10.1. The number of aryl methyl sites for hydroxylation is 1. The number of anilines is 1. The van der Waals surface area contributed by atoms with Crippen molar-refractivity contribution in [3.8, 4) is 5.75 Å². The van der Waals surface area contributed by atoms with Crippen molar-refractivity contribution in [2.75, 3.05) is 23.7 Å². The molecular weight excluding hydrogens is 376 g/mol. The van der Waals surface area contributed by atoms with Crippen LogP contribution in [0.4, 0.5) is 5.69 Å². The molecule has 2 aromatic rings. The number of hydrogen-bond acceptors (Lipinski definition) is 4. The Hall–Kier alpha value is -2.54. The van der Waals surface area contributed by atoms with Crippen molar-refractivity contribution < 1.29 is 17.9 Å². The Morgan fingerprint density at radius 2 is 1.75 bits per heavy atom. The predicted octanol–water partition coefficient (Wildman–Crippen LogP) is 2.99. The highest BCUT2D eigenvalue weighted by molar-refractivity contribution is 7.92. The lowest BCUT2D eigenvalue weighted by Gasteiger charge is -2.20. The first-order valence-electron chi connectivity index (χ1n) is 9.33. The lowest BCUT2D eigenvalue weighted by Crippen LogP contribution is -2.36. The van der Waals surface area contributed by atoms with Gasteiger partial charge in [-0.25, -0.2) is 8.42 Å².